The predicted molar refractivity (Wildman–Crippen MR) is 92.0 cm³/mol. The number of fused-ring (bicyclic) bond motifs is 1. The number of rotatable bonds is 4. The van der Waals surface area contributed by atoms with Gasteiger partial charge in [-0.15, -0.1) is 0 Å². The van der Waals surface area contributed by atoms with Gasteiger partial charge in [-0.05, 0) is 44.8 Å². The summed E-state index contributed by atoms with van der Waals surface area (Å²) in [6.07, 6.45) is 2.55. The minimum atomic E-state index is -0.530. The lowest BCUT2D eigenvalue weighted by Crippen LogP contribution is -2.44. The van der Waals surface area contributed by atoms with Crippen molar-refractivity contribution in [1.29, 1.82) is 0 Å². The molecule has 2 aromatic rings. The summed E-state index contributed by atoms with van der Waals surface area (Å²) in [4.78, 5) is 17.0. The Hall–Kier alpha value is -2.41. The number of hydrogen-bond donors (Lipinski definition) is 0. The fourth-order valence-corrected chi connectivity index (χ4v) is 3.24. The second-order valence-corrected chi connectivity index (χ2v) is 6.53. The quantitative estimate of drug-likeness (QED) is 0.850. The number of aromatic nitrogens is 2. The molecule has 2 heterocycles. The molecular formula is C18H23FN4O2. The van der Waals surface area contributed by atoms with Gasteiger partial charge in [-0.3, -0.25) is 9.48 Å². The van der Waals surface area contributed by atoms with E-state index in [-0.39, 0.29) is 17.7 Å². The topological polar surface area (TPSA) is 50.6 Å². The molecule has 25 heavy (non-hydrogen) atoms. The molecule has 1 aliphatic rings. The number of hydrogen-bond acceptors (Lipinski definition) is 4. The number of carbonyl (C=O) groups excluding carboxylic acids is 1. The zero-order valence-corrected chi connectivity index (χ0v) is 14.8. The van der Waals surface area contributed by atoms with Crippen molar-refractivity contribution in [2.75, 3.05) is 27.7 Å². The maximum absolute atomic E-state index is 14.0. The number of aryl methyl sites for hydroxylation is 1. The van der Waals surface area contributed by atoms with Crippen molar-refractivity contribution in [3.05, 3.63) is 47.5 Å². The van der Waals surface area contributed by atoms with Crippen molar-refractivity contribution in [2.45, 2.75) is 25.6 Å². The van der Waals surface area contributed by atoms with Crippen LogP contribution in [0.15, 0.2) is 30.5 Å². The first-order chi connectivity index (χ1) is 12.0. The van der Waals surface area contributed by atoms with E-state index < -0.39 is 5.82 Å². The molecule has 0 fully saturated rings. The highest BCUT2D eigenvalue weighted by Crippen LogP contribution is 2.23. The van der Waals surface area contributed by atoms with E-state index in [4.69, 9.17) is 4.74 Å². The Morgan fingerprint density at radius 1 is 1.40 bits per heavy atom. The highest BCUT2D eigenvalue weighted by Gasteiger charge is 2.29. The molecule has 134 valence electrons. The van der Waals surface area contributed by atoms with Crippen LogP contribution in [0, 0.1) is 5.82 Å². The third kappa shape index (κ3) is 3.66. The first-order valence-electron chi connectivity index (χ1n) is 8.29. The summed E-state index contributed by atoms with van der Waals surface area (Å²) < 4.78 is 20.9. The number of ether oxygens (including phenoxy) is 1. The predicted octanol–water partition coefficient (Wildman–Crippen LogP) is 2.01. The van der Waals surface area contributed by atoms with Crippen LogP contribution >= 0.6 is 0 Å². The van der Waals surface area contributed by atoms with Crippen LogP contribution < -0.4 is 4.74 Å². The summed E-state index contributed by atoms with van der Waals surface area (Å²) in [5.74, 6) is -0.573. The molecule has 1 aromatic carbocycles. The molecule has 3 rings (SSSR count). The van der Waals surface area contributed by atoms with E-state index in [2.05, 4.69) is 10.00 Å². The number of benzene rings is 1. The molecule has 0 saturated carbocycles. The molecule has 0 spiro atoms. The van der Waals surface area contributed by atoms with E-state index in [9.17, 15) is 9.18 Å². The summed E-state index contributed by atoms with van der Waals surface area (Å²) in [7, 11) is 5.38. The second kappa shape index (κ2) is 7.23. The minimum absolute atomic E-state index is 0.0364. The zero-order chi connectivity index (χ0) is 18.0. The molecule has 0 saturated heterocycles. The molecule has 0 N–H and O–H groups in total. The van der Waals surface area contributed by atoms with Gasteiger partial charge in [-0.1, -0.05) is 0 Å². The molecule has 1 amide bonds. The van der Waals surface area contributed by atoms with Crippen LogP contribution in [0.2, 0.25) is 0 Å². The Kier molecular flexibility index (Phi) is 5.03. The lowest BCUT2D eigenvalue weighted by Gasteiger charge is -2.31. The van der Waals surface area contributed by atoms with Crippen LogP contribution in [-0.4, -0.2) is 59.3 Å². The molecule has 0 radical (unpaired) electrons. The average Bonchev–Trinajstić information content (AvgIpc) is 2.96. The summed E-state index contributed by atoms with van der Waals surface area (Å²) in [6, 6.07) is 6.31. The van der Waals surface area contributed by atoms with E-state index in [1.807, 2.05) is 29.7 Å². The van der Waals surface area contributed by atoms with Crippen molar-refractivity contribution in [3.63, 3.8) is 0 Å². The molecule has 1 atom stereocenters. The monoisotopic (exact) mass is 346 g/mol. The summed E-state index contributed by atoms with van der Waals surface area (Å²) >= 11 is 0. The standard InChI is InChI=1S/C18H23FN4O2/c1-21(2)11-14-7-9-23-15(6-8-20-23)12-22(14)18(24)13-4-5-17(25-3)16(19)10-13/h4-6,8,10,14H,7,9,11-12H2,1-3H3/t14-/m0/s1. The Balaban J connectivity index is 1.91. The lowest BCUT2D eigenvalue weighted by molar-refractivity contribution is 0.0626. The van der Waals surface area contributed by atoms with Crippen molar-refractivity contribution in [1.82, 2.24) is 19.6 Å². The maximum atomic E-state index is 14.0. The molecule has 6 nitrogen and oxygen atoms in total. The zero-order valence-electron chi connectivity index (χ0n) is 14.8. The Morgan fingerprint density at radius 2 is 2.20 bits per heavy atom. The molecule has 1 aromatic heterocycles. The van der Waals surface area contributed by atoms with E-state index in [1.54, 1.807) is 12.3 Å². The molecular weight excluding hydrogens is 323 g/mol. The van der Waals surface area contributed by atoms with Gasteiger partial charge in [0.15, 0.2) is 11.6 Å². The van der Waals surface area contributed by atoms with Gasteiger partial charge in [0.1, 0.15) is 0 Å². The second-order valence-electron chi connectivity index (χ2n) is 6.53. The maximum Gasteiger partial charge on any atom is 0.254 e. The smallest absolute Gasteiger partial charge is 0.254 e. The lowest BCUT2D eigenvalue weighted by atomic mass is 10.1. The van der Waals surface area contributed by atoms with Gasteiger partial charge in [0.2, 0.25) is 0 Å². The van der Waals surface area contributed by atoms with Crippen LogP contribution in [0.5, 0.6) is 5.75 Å². The Bertz CT molecular complexity index is 759. The first kappa shape index (κ1) is 17.4. The molecule has 0 bridgehead atoms. The van der Waals surface area contributed by atoms with Gasteiger partial charge in [-0.2, -0.15) is 5.10 Å². The fourth-order valence-electron chi connectivity index (χ4n) is 3.24. The molecule has 0 unspecified atom stereocenters. The van der Waals surface area contributed by atoms with Crippen molar-refractivity contribution >= 4 is 5.91 Å². The summed E-state index contributed by atoms with van der Waals surface area (Å²) in [5.41, 5.74) is 1.32. The van der Waals surface area contributed by atoms with Crippen molar-refractivity contribution in [3.8, 4) is 5.75 Å². The van der Waals surface area contributed by atoms with Crippen LogP contribution in [0.1, 0.15) is 22.5 Å². The molecule has 1 aliphatic heterocycles. The van der Waals surface area contributed by atoms with E-state index in [0.29, 0.717) is 12.1 Å². The minimum Gasteiger partial charge on any atom is -0.494 e. The molecule has 7 heteroatoms. The van der Waals surface area contributed by atoms with Gasteiger partial charge < -0.3 is 14.5 Å². The largest absolute Gasteiger partial charge is 0.494 e. The van der Waals surface area contributed by atoms with E-state index in [0.717, 1.165) is 25.2 Å². The van der Waals surface area contributed by atoms with Gasteiger partial charge in [0.05, 0.1) is 19.3 Å². The van der Waals surface area contributed by atoms with Gasteiger partial charge >= 0.3 is 0 Å². The van der Waals surface area contributed by atoms with Gasteiger partial charge in [-0.25, -0.2) is 4.39 Å². The van der Waals surface area contributed by atoms with Gasteiger partial charge in [0, 0.05) is 30.9 Å². The summed E-state index contributed by atoms with van der Waals surface area (Å²) in [6.45, 7) is 1.97. The highest BCUT2D eigenvalue weighted by molar-refractivity contribution is 5.94. The third-order valence-electron chi connectivity index (χ3n) is 4.49. The number of likely N-dealkylation sites (N-methyl/N-ethyl adjacent to an activating group) is 1. The van der Waals surface area contributed by atoms with Crippen molar-refractivity contribution in [2.24, 2.45) is 0 Å². The van der Waals surface area contributed by atoms with E-state index >= 15 is 0 Å². The summed E-state index contributed by atoms with van der Waals surface area (Å²) in [5, 5.41) is 4.32. The average molecular weight is 346 g/mol. The van der Waals surface area contributed by atoms with Gasteiger partial charge in [0.25, 0.3) is 5.91 Å². The third-order valence-corrected chi connectivity index (χ3v) is 4.49. The van der Waals surface area contributed by atoms with Crippen LogP contribution in [0.25, 0.3) is 0 Å². The SMILES string of the molecule is COc1ccc(C(=O)N2Cc3ccnn3CC[C@H]2CN(C)C)cc1F. The molecule has 0 aliphatic carbocycles. The number of nitrogens with zero attached hydrogens (tertiary/aromatic N) is 4. The number of carbonyl (C=O) groups is 1. The highest BCUT2D eigenvalue weighted by atomic mass is 19.1. The number of methoxy groups -OCH3 is 1. The fraction of sp³-hybridized carbons (Fsp3) is 0.444. The van der Waals surface area contributed by atoms with Crippen molar-refractivity contribution < 1.29 is 13.9 Å². The van der Waals surface area contributed by atoms with Crippen LogP contribution in [0.3, 0.4) is 0 Å². The normalized spacial score (nSPS) is 17.3. The Labute approximate surface area is 146 Å². The first-order valence-corrected chi connectivity index (χ1v) is 8.29. The Morgan fingerprint density at radius 3 is 2.88 bits per heavy atom. The van der Waals surface area contributed by atoms with Crippen LogP contribution in [0.4, 0.5) is 4.39 Å². The number of halogens is 1. The number of amides is 1. The van der Waals surface area contributed by atoms with Crippen LogP contribution in [-0.2, 0) is 13.1 Å². The van der Waals surface area contributed by atoms with E-state index in [1.165, 1.54) is 19.2 Å².